The predicted molar refractivity (Wildman–Crippen MR) is 110 cm³/mol. The zero-order chi connectivity index (χ0) is 20.3. The maximum atomic E-state index is 13.3. The second-order valence-corrected chi connectivity index (χ2v) is 7.79. The highest BCUT2D eigenvalue weighted by Crippen LogP contribution is 2.45. The summed E-state index contributed by atoms with van der Waals surface area (Å²) in [6.07, 6.45) is 0. The van der Waals surface area contributed by atoms with E-state index < -0.39 is 35.0 Å². The summed E-state index contributed by atoms with van der Waals surface area (Å²) in [5.41, 5.74) is 0.808. The van der Waals surface area contributed by atoms with Crippen LogP contribution in [0.25, 0.3) is 0 Å². The summed E-state index contributed by atoms with van der Waals surface area (Å²) in [5, 5.41) is 19.1. The fraction of sp³-hybridized carbons (Fsp3) is 0.250. The Kier molecular flexibility index (Phi) is 6.31. The number of hydrogen-bond acceptors (Lipinski definition) is 6. The quantitative estimate of drug-likeness (QED) is 0.380. The second kappa shape index (κ2) is 8.70. The zero-order valence-corrected chi connectivity index (χ0v) is 16.5. The molecule has 1 amide bonds. The average molecular weight is 418 g/mol. The summed E-state index contributed by atoms with van der Waals surface area (Å²) in [5.74, 6) is -3.18. The van der Waals surface area contributed by atoms with E-state index in [9.17, 15) is 24.6 Å². The number of carboxylic acid groups (broad SMARTS) is 1. The van der Waals surface area contributed by atoms with Crippen molar-refractivity contribution in [2.75, 3.05) is 11.5 Å². The fourth-order valence-electron chi connectivity index (χ4n) is 3.16. The van der Waals surface area contributed by atoms with Gasteiger partial charge in [-0.3, -0.25) is 9.59 Å². The van der Waals surface area contributed by atoms with E-state index in [-0.39, 0.29) is 17.3 Å². The van der Waals surface area contributed by atoms with Gasteiger partial charge in [0.2, 0.25) is 5.91 Å². The molecular weight excluding hydrogens is 398 g/mol. The highest BCUT2D eigenvalue weighted by atomic mass is 32.2. The van der Waals surface area contributed by atoms with Crippen LogP contribution in [0.4, 0.5) is 0 Å². The Balaban J connectivity index is 1.97. The van der Waals surface area contributed by atoms with Crippen molar-refractivity contribution in [1.29, 1.82) is 0 Å². The van der Waals surface area contributed by atoms with Crippen LogP contribution in [-0.2, 0) is 9.59 Å². The third-order valence-corrected chi connectivity index (χ3v) is 6.27. The molecule has 6 nitrogen and oxygen atoms in total. The molecule has 2 aromatic rings. The van der Waals surface area contributed by atoms with Gasteiger partial charge in [-0.05, 0) is 6.07 Å². The van der Waals surface area contributed by atoms with Gasteiger partial charge < -0.3 is 15.1 Å². The van der Waals surface area contributed by atoms with Crippen LogP contribution in [0.3, 0.4) is 0 Å². The third kappa shape index (κ3) is 3.88. The number of benzene rings is 2. The van der Waals surface area contributed by atoms with E-state index in [0.29, 0.717) is 11.1 Å². The molecule has 146 valence electrons. The largest absolute Gasteiger partial charge is 0.508 e. The Morgan fingerprint density at radius 1 is 1.11 bits per heavy atom. The molecule has 0 aliphatic carbocycles. The summed E-state index contributed by atoms with van der Waals surface area (Å²) >= 11 is 5.43. The number of carboxylic acids is 1. The standard InChI is InChI=1S/C20H19NO5S2/c22-16-9-5-4-8-13(16)19-21(15(11-28-19)20(25)26)18(24)14(10-27)17(23)12-6-2-1-3-7-12/h1-9,14-15,19,22,27H,10-11H2,(H,25,26)/t14-,15-,19+/m0/s1. The average Bonchev–Trinajstić information content (AvgIpc) is 3.14. The van der Waals surface area contributed by atoms with Gasteiger partial charge in [-0.1, -0.05) is 48.5 Å². The van der Waals surface area contributed by atoms with E-state index in [2.05, 4.69) is 12.6 Å². The number of ketones is 1. The van der Waals surface area contributed by atoms with Crippen LogP contribution in [0.2, 0.25) is 0 Å². The Morgan fingerprint density at radius 2 is 1.75 bits per heavy atom. The first-order chi connectivity index (χ1) is 13.5. The number of rotatable bonds is 6. The van der Waals surface area contributed by atoms with Crippen LogP contribution in [-0.4, -0.2) is 50.3 Å². The number of amides is 1. The normalized spacial score (nSPS) is 20.0. The molecule has 1 fully saturated rings. The number of carbonyl (C=O) groups excluding carboxylic acids is 2. The minimum Gasteiger partial charge on any atom is -0.508 e. The molecule has 0 unspecified atom stereocenters. The summed E-state index contributed by atoms with van der Waals surface area (Å²) in [6, 6.07) is 13.8. The monoisotopic (exact) mass is 417 g/mol. The van der Waals surface area contributed by atoms with E-state index in [0.717, 1.165) is 0 Å². The van der Waals surface area contributed by atoms with Gasteiger partial charge in [-0.2, -0.15) is 12.6 Å². The number of phenols is 1. The minimum atomic E-state index is -1.15. The molecule has 0 bridgehead atoms. The van der Waals surface area contributed by atoms with Crippen molar-refractivity contribution in [2.24, 2.45) is 5.92 Å². The lowest BCUT2D eigenvalue weighted by atomic mass is 9.96. The number of phenolic OH excluding ortho intramolecular Hbond substituents is 1. The van der Waals surface area contributed by atoms with E-state index in [1.807, 2.05) is 0 Å². The molecule has 1 saturated heterocycles. The molecular formula is C20H19NO5S2. The summed E-state index contributed by atoms with van der Waals surface area (Å²) in [7, 11) is 0. The summed E-state index contributed by atoms with van der Waals surface area (Å²) in [6.45, 7) is 0. The van der Waals surface area contributed by atoms with E-state index >= 15 is 0 Å². The molecule has 2 aromatic carbocycles. The highest BCUT2D eigenvalue weighted by Gasteiger charge is 2.46. The van der Waals surface area contributed by atoms with Gasteiger partial charge in [-0.25, -0.2) is 4.79 Å². The molecule has 3 rings (SSSR count). The third-order valence-electron chi connectivity index (χ3n) is 4.60. The van der Waals surface area contributed by atoms with Crippen LogP contribution in [0.5, 0.6) is 5.75 Å². The number of aliphatic carboxylic acids is 1. The first-order valence-corrected chi connectivity index (χ1v) is 10.3. The minimum absolute atomic E-state index is 0.0272. The Morgan fingerprint density at radius 3 is 2.36 bits per heavy atom. The lowest BCUT2D eigenvalue weighted by molar-refractivity contribution is -0.150. The number of thiol groups is 1. The number of hydrogen-bond donors (Lipinski definition) is 3. The van der Waals surface area contributed by atoms with Gasteiger partial charge >= 0.3 is 5.97 Å². The number of Topliss-reactive ketones (excluding diaryl/α,β-unsaturated/α-hetero) is 1. The SMILES string of the molecule is O=C(c1ccccc1)[C@H](CS)C(=O)N1[C@@H](c2ccccc2O)SC[C@H]1C(=O)O. The zero-order valence-electron chi connectivity index (χ0n) is 14.8. The summed E-state index contributed by atoms with van der Waals surface area (Å²) in [4.78, 5) is 39.1. The molecule has 0 radical (unpaired) electrons. The van der Waals surface area contributed by atoms with Crippen LogP contribution in [0.15, 0.2) is 54.6 Å². The van der Waals surface area contributed by atoms with Gasteiger partial charge in [0.15, 0.2) is 5.78 Å². The first-order valence-electron chi connectivity index (χ1n) is 8.60. The maximum absolute atomic E-state index is 13.3. The van der Waals surface area contributed by atoms with Crippen LogP contribution < -0.4 is 0 Å². The number of nitrogens with zero attached hydrogens (tertiary/aromatic N) is 1. The van der Waals surface area contributed by atoms with Crippen LogP contribution >= 0.6 is 24.4 Å². The van der Waals surface area contributed by atoms with Gasteiger partial charge in [0, 0.05) is 22.6 Å². The van der Waals surface area contributed by atoms with Crippen LogP contribution in [0, 0.1) is 5.92 Å². The molecule has 1 heterocycles. The summed E-state index contributed by atoms with van der Waals surface area (Å²) < 4.78 is 0. The van der Waals surface area contributed by atoms with Crippen molar-refractivity contribution < 1.29 is 24.6 Å². The fourth-order valence-corrected chi connectivity index (χ4v) is 4.94. The topological polar surface area (TPSA) is 94.9 Å². The van der Waals surface area contributed by atoms with Crippen molar-refractivity contribution in [3.63, 3.8) is 0 Å². The molecule has 1 aliphatic heterocycles. The van der Waals surface area contributed by atoms with Crippen LogP contribution in [0.1, 0.15) is 21.3 Å². The number of carbonyl (C=O) groups is 3. The lowest BCUT2D eigenvalue weighted by Crippen LogP contribution is -2.47. The Bertz CT molecular complexity index is 889. The van der Waals surface area contributed by atoms with Crippen molar-refractivity contribution in [3.05, 3.63) is 65.7 Å². The number of aromatic hydroxyl groups is 1. The second-order valence-electron chi connectivity index (χ2n) is 6.31. The molecule has 28 heavy (non-hydrogen) atoms. The van der Waals surface area contributed by atoms with E-state index in [1.165, 1.54) is 22.7 Å². The van der Waals surface area contributed by atoms with E-state index in [1.54, 1.807) is 48.5 Å². The molecule has 0 spiro atoms. The molecule has 0 aromatic heterocycles. The van der Waals surface area contributed by atoms with Gasteiger partial charge in [0.05, 0.1) is 0 Å². The molecule has 8 heteroatoms. The van der Waals surface area contributed by atoms with Gasteiger partial charge in [-0.15, -0.1) is 11.8 Å². The van der Waals surface area contributed by atoms with Crippen molar-refractivity contribution >= 4 is 42.1 Å². The number of para-hydroxylation sites is 1. The first kappa shape index (κ1) is 20.3. The Labute approximate surface area is 172 Å². The lowest BCUT2D eigenvalue weighted by Gasteiger charge is -2.30. The highest BCUT2D eigenvalue weighted by molar-refractivity contribution is 7.99. The van der Waals surface area contributed by atoms with Crippen molar-refractivity contribution in [2.45, 2.75) is 11.4 Å². The molecule has 2 N–H and O–H groups in total. The predicted octanol–water partition coefficient (Wildman–Crippen LogP) is 2.85. The smallest absolute Gasteiger partial charge is 0.327 e. The number of thioether (sulfide) groups is 1. The van der Waals surface area contributed by atoms with Crippen molar-refractivity contribution in [3.8, 4) is 5.75 Å². The molecule has 3 atom stereocenters. The molecule has 0 saturated carbocycles. The molecule has 1 aliphatic rings. The van der Waals surface area contributed by atoms with Gasteiger partial charge in [0.1, 0.15) is 23.1 Å². The van der Waals surface area contributed by atoms with Gasteiger partial charge in [0.25, 0.3) is 0 Å². The Hall–Kier alpha value is -2.45. The van der Waals surface area contributed by atoms with E-state index in [4.69, 9.17) is 0 Å². The van der Waals surface area contributed by atoms with Crippen molar-refractivity contribution in [1.82, 2.24) is 4.90 Å². The maximum Gasteiger partial charge on any atom is 0.327 e.